The Labute approximate surface area is 149 Å². The van der Waals surface area contributed by atoms with Crippen LogP contribution in [0.15, 0.2) is 48.5 Å². The third-order valence-electron chi connectivity index (χ3n) is 3.89. The van der Waals surface area contributed by atoms with E-state index in [0.717, 1.165) is 11.3 Å². The molecule has 0 radical (unpaired) electrons. The highest BCUT2D eigenvalue weighted by Gasteiger charge is 2.19. The predicted molar refractivity (Wildman–Crippen MR) is 98.5 cm³/mol. The molecule has 130 valence electrons. The van der Waals surface area contributed by atoms with Gasteiger partial charge in [-0.05, 0) is 48.9 Å². The SMILES string of the molecule is CC(Oc1ccc(C#N)cc1)C(=O)N(C)Cc1ccc(N(C)C)cc1. The van der Waals surface area contributed by atoms with Crippen LogP contribution in [-0.4, -0.2) is 38.1 Å². The van der Waals surface area contributed by atoms with E-state index in [2.05, 4.69) is 6.07 Å². The molecule has 1 unspecified atom stereocenters. The van der Waals surface area contributed by atoms with Crippen molar-refractivity contribution >= 4 is 11.6 Å². The predicted octanol–water partition coefficient (Wildman–Crippen LogP) is 3.05. The summed E-state index contributed by atoms with van der Waals surface area (Å²) in [5.41, 5.74) is 2.74. The van der Waals surface area contributed by atoms with E-state index in [1.807, 2.05) is 43.3 Å². The fourth-order valence-corrected chi connectivity index (χ4v) is 2.42. The summed E-state index contributed by atoms with van der Waals surface area (Å²) in [4.78, 5) is 16.2. The summed E-state index contributed by atoms with van der Waals surface area (Å²) in [6.07, 6.45) is -0.598. The number of amides is 1. The average Bonchev–Trinajstić information content (AvgIpc) is 2.62. The second kappa shape index (κ2) is 8.20. The van der Waals surface area contributed by atoms with Gasteiger partial charge in [0.1, 0.15) is 5.75 Å². The number of hydrogen-bond donors (Lipinski definition) is 0. The number of ether oxygens (including phenoxy) is 1. The van der Waals surface area contributed by atoms with Gasteiger partial charge in [0.15, 0.2) is 6.10 Å². The van der Waals surface area contributed by atoms with E-state index < -0.39 is 6.10 Å². The van der Waals surface area contributed by atoms with Gasteiger partial charge in [0, 0.05) is 33.4 Å². The molecule has 2 aromatic carbocycles. The van der Waals surface area contributed by atoms with Crippen LogP contribution in [-0.2, 0) is 11.3 Å². The third-order valence-corrected chi connectivity index (χ3v) is 3.89. The first-order valence-electron chi connectivity index (χ1n) is 8.08. The molecule has 5 nitrogen and oxygen atoms in total. The highest BCUT2D eigenvalue weighted by Crippen LogP contribution is 2.16. The Morgan fingerprint density at radius 1 is 1.08 bits per heavy atom. The van der Waals surface area contributed by atoms with E-state index in [1.165, 1.54) is 0 Å². The van der Waals surface area contributed by atoms with Crippen LogP contribution in [0.2, 0.25) is 0 Å². The average molecular weight is 337 g/mol. The molecule has 0 aromatic heterocycles. The summed E-state index contributed by atoms with van der Waals surface area (Å²) in [7, 11) is 5.75. The molecule has 1 amide bonds. The normalized spacial score (nSPS) is 11.3. The number of benzene rings is 2. The summed E-state index contributed by atoms with van der Waals surface area (Å²) in [5.74, 6) is 0.477. The van der Waals surface area contributed by atoms with E-state index in [9.17, 15) is 4.79 Å². The van der Waals surface area contributed by atoms with Crippen molar-refractivity contribution in [3.8, 4) is 11.8 Å². The minimum absolute atomic E-state index is 0.0963. The first-order chi connectivity index (χ1) is 11.9. The van der Waals surface area contributed by atoms with Crippen LogP contribution in [0.4, 0.5) is 5.69 Å². The van der Waals surface area contributed by atoms with E-state index in [-0.39, 0.29) is 5.91 Å². The maximum Gasteiger partial charge on any atom is 0.263 e. The topological polar surface area (TPSA) is 56.6 Å². The monoisotopic (exact) mass is 337 g/mol. The van der Waals surface area contributed by atoms with Gasteiger partial charge in [-0.2, -0.15) is 5.26 Å². The van der Waals surface area contributed by atoms with Crippen LogP contribution < -0.4 is 9.64 Å². The van der Waals surface area contributed by atoms with Crippen LogP contribution in [0.1, 0.15) is 18.1 Å². The molecule has 5 heteroatoms. The van der Waals surface area contributed by atoms with Gasteiger partial charge in [0.25, 0.3) is 5.91 Å². The molecule has 0 aliphatic heterocycles. The first kappa shape index (κ1) is 18.3. The molecule has 0 aliphatic carbocycles. The van der Waals surface area contributed by atoms with Crippen molar-refractivity contribution in [2.45, 2.75) is 19.6 Å². The molecule has 2 aromatic rings. The van der Waals surface area contributed by atoms with Crippen LogP contribution in [0, 0.1) is 11.3 Å². The molecule has 0 aliphatic rings. The van der Waals surface area contributed by atoms with Crippen LogP contribution in [0.3, 0.4) is 0 Å². The van der Waals surface area contributed by atoms with E-state index >= 15 is 0 Å². The smallest absolute Gasteiger partial charge is 0.263 e. The van der Waals surface area contributed by atoms with Crippen molar-refractivity contribution in [1.82, 2.24) is 4.90 Å². The standard InChI is InChI=1S/C20H23N3O2/c1-15(25-19-11-7-16(13-21)8-12-19)20(24)23(4)14-17-5-9-18(10-6-17)22(2)3/h5-12,15H,14H2,1-4H3. The Bertz CT molecular complexity index is 746. The molecule has 25 heavy (non-hydrogen) atoms. The fourth-order valence-electron chi connectivity index (χ4n) is 2.42. The summed E-state index contributed by atoms with van der Waals surface area (Å²) in [6.45, 7) is 2.25. The van der Waals surface area contributed by atoms with Gasteiger partial charge in [-0.15, -0.1) is 0 Å². The number of nitriles is 1. The highest BCUT2D eigenvalue weighted by molar-refractivity contribution is 5.80. The molecule has 0 spiro atoms. The molecular weight excluding hydrogens is 314 g/mol. The van der Waals surface area contributed by atoms with Gasteiger partial charge in [0.2, 0.25) is 0 Å². The molecule has 2 rings (SSSR count). The summed E-state index contributed by atoms with van der Waals surface area (Å²) >= 11 is 0. The minimum Gasteiger partial charge on any atom is -0.481 e. The van der Waals surface area contributed by atoms with Gasteiger partial charge in [-0.3, -0.25) is 4.79 Å². The summed E-state index contributed by atoms with van der Waals surface area (Å²) < 4.78 is 5.68. The molecule has 0 saturated heterocycles. The Kier molecular flexibility index (Phi) is 6.02. The lowest BCUT2D eigenvalue weighted by Gasteiger charge is -2.22. The third kappa shape index (κ3) is 4.98. The molecule has 0 heterocycles. The van der Waals surface area contributed by atoms with E-state index in [4.69, 9.17) is 10.00 Å². The lowest BCUT2D eigenvalue weighted by molar-refractivity contribution is -0.137. The van der Waals surface area contributed by atoms with Crippen molar-refractivity contribution in [2.24, 2.45) is 0 Å². The molecule has 1 atom stereocenters. The molecule has 0 saturated carbocycles. The van der Waals surface area contributed by atoms with Crippen LogP contribution in [0.5, 0.6) is 5.75 Å². The second-order valence-electron chi connectivity index (χ2n) is 6.15. The van der Waals surface area contributed by atoms with E-state index in [0.29, 0.717) is 17.9 Å². The molecule has 0 fully saturated rings. The molecular formula is C20H23N3O2. The number of anilines is 1. The van der Waals surface area contributed by atoms with Gasteiger partial charge < -0.3 is 14.5 Å². The Morgan fingerprint density at radius 2 is 1.68 bits per heavy atom. The fraction of sp³-hybridized carbons (Fsp3) is 0.300. The van der Waals surface area contributed by atoms with Gasteiger partial charge in [0.05, 0.1) is 11.6 Å². The Morgan fingerprint density at radius 3 is 2.20 bits per heavy atom. The largest absolute Gasteiger partial charge is 0.481 e. The van der Waals surface area contributed by atoms with Gasteiger partial charge in [-0.1, -0.05) is 12.1 Å². The van der Waals surface area contributed by atoms with E-state index in [1.54, 1.807) is 43.1 Å². The van der Waals surface area contributed by atoms with Crippen LogP contribution >= 0.6 is 0 Å². The lowest BCUT2D eigenvalue weighted by Crippen LogP contribution is -2.37. The lowest BCUT2D eigenvalue weighted by atomic mass is 10.2. The number of nitrogens with zero attached hydrogens (tertiary/aromatic N) is 3. The quantitative estimate of drug-likeness (QED) is 0.813. The number of likely N-dealkylation sites (N-methyl/N-ethyl adjacent to an activating group) is 1. The van der Waals surface area contributed by atoms with Gasteiger partial charge >= 0.3 is 0 Å². The van der Waals surface area contributed by atoms with Crippen molar-refractivity contribution < 1.29 is 9.53 Å². The van der Waals surface area contributed by atoms with Crippen molar-refractivity contribution in [3.63, 3.8) is 0 Å². The van der Waals surface area contributed by atoms with Crippen molar-refractivity contribution in [1.29, 1.82) is 5.26 Å². The van der Waals surface area contributed by atoms with Gasteiger partial charge in [-0.25, -0.2) is 0 Å². The first-order valence-corrected chi connectivity index (χ1v) is 8.08. The van der Waals surface area contributed by atoms with Crippen molar-refractivity contribution in [3.05, 3.63) is 59.7 Å². The zero-order chi connectivity index (χ0) is 18.4. The van der Waals surface area contributed by atoms with Crippen molar-refractivity contribution in [2.75, 3.05) is 26.0 Å². The Balaban J connectivity index is 1.94. The maximum absolute atomic E-state index is 12.5. The maximum atomic E-state index is 12.5. The summed E-state index contributed by atoms with van der Waals surface area (Å²) in [5, 5.41) is 8.80. The van der Waals surface area contributed by atoms with Crippen LogP contribution in [0.25, 0.3) is 0 Å². The molecule has 0 bridgehead atoms. The summed E-state index contributed by atoms with van der Waals surface area (Å²) in [6, 6.07) is 16.9. The minimum atomic E-state index is -0.598. The number of carbonyl (C=O) groups excluding carboxylic acids is 1. The molecule has 0 N–H and O–H groups in total. The number of rotatable bonds is 6. The number of carbonyl (C=O) groups is 1. The second-order valence-corrected chi connectivity index (χ2v) is 6.15. The zero-order valence-corrected chi connectivity index (χ0v) is 15.1. The highest BCUT2D eigenvalue weighted by atomic mass is 16.5. The zero-order valence-electron chi connectivity index (χ0n) is 15.1. The Hall–Kier alpha value is -3.00. The number of hydrogen-bond acceptors (Lipinski definition) is 4.